The molecule has 1 aromatic rings. The summed E-state index contributed by atoms with van der Waals surface area (Å²) in [7, 11) is 1.70. The molecule has 1 atom stereocenters. The molecule has 4 heteroatoms. The predicted octanol–water partition coefficient (Wildman–Crippen LogP) is 3.44. The van der Waals surface area contributed by atoms with Crippen molar-refractivity contribution in [1.29, 1.82) is 0 Å². The van der Waals surface area contributed by atoms with E-state index in [4.69, 9.17) is 4.74 Å². The molecule has 1 aliphatic heterocycles. The van der Waals surface area contributed by atoms with Crippen LogP contribution in [0.4, 0.5) is 0 Å². The van der Waals surface area contributed by atoms with Gasteiger partial charge in [0.1, 0.15) is 5.75 Å². The molecule has 17 heavy (non-hydrogen) atoms. The third-order valence-corrected chi connectivity index (χ3v) is 5.14. The number of halogens is 1. The van der Waals surface area contributed by atoms with Gasteiger partial charge in [-0.2, -0.15) is 11.8 Å². The summed E-state index contributed by atoms with van der Waals surface area (Å²) < 4.78 is 6.38. The van der Waals surface area contributed by atoms with Gasteiger partial charge in [-0.1, -0.05) is 15.9 Å². The quantitative estimate of drug-likeness (QED) is 0.899. The zero-order valence-corrected chi connectivity index (χ0v) is 12.4. The number of ether oxygens (including phenoxy) is 1. The normalized spacial score (nSPS) is 19.5. The number of nitrogens with one attached hydrogen (secondary N) is 1. The second-order valence-corrected chi connectivity index (χ2v) is 6.49. The molecular weight excluding hydrogens is 298 g/mol. The van der Waals surface area contributed by atoms with Gasteiger partial charge in [0.2, 0.25) is 0 Å². The second-order valence-electron chi connectivity index (χ2n) is 4.22. The Morgan fingerprint density at radius 3 is 3.12 bits per heavy atom. The average Bonchev–Trinajstić information content (AvgIpc) is 2.84. The summed E-state index contributed by atoms with van der Waals surface area (Å²) in [6.07, 6.45) is 2.73. The smallest absolute Gasteiger partial charge is 0.119 e. The van der Waals surface area contributed by atoms with E-state index in [1.807, 2.05) is 12.1 Å². The van der Waals surface area contributed by atoms with Crippen LogP contribution in [0.5, 0.6) is 5.75 Å². The van der Waals surface area contributed by atoms with Crippen LogP contribution in [0.3, 0.4) is 0 Å². The second kappa shape index (κ2) is 6.66. The maximum Gasteiger partial charge on any atom is 0.119 e. The van der Waals surface area contributed by atoms with Crippen LogP contribution in [-0.4, -0.2) is 24.7 Å². The number of hydrogen-bond donors (Lipinski definition) is 1. The van der Waals surface area contributed by atoms with Crippen LogP contribution in [0.25, 0.3) is 0 Å². The zero-order chi connectivity index (χ0) is 12.1. The first kappa shape index (κ1) is 13.2. The Hall–Kier alpha value is -0.190. The molecule has 0 aromatic heterocycles. The minimum absolute atomic E-state index is 0.805. The first-order valence-corrected chi connectivity index (χ1v) is 7.78. The summed E-state index contributed by atoms with van der Waals surface area (Å²) in [6.45, 7) is 2.00. The molecule has 1 N–H and O–H groups in total. The van der Waals surface area contributed by atoms with Crippen molar-refractivity contribution in [2.45, 2.75) is 24.6 Å². The molecule has 1 unspecified atom stereocenters. The highest BCUT2D eigenvalue weighted by Crippen LogP contribution is 2.26. The van der Waals surface area contributed by atoms with E-state index in [0.717, 1.165) is 28.6 Å². The van der Waals surface area contributed by atoms with Gasteiger partial charge in [-0.25, -0.2) is 0 Å². The van der Waals surface area contributed by atoms with Crippen LogP contribution in [-0.2, 0) is 6.54 Å². The monoisotopic (exact) mass is 315 g/mol. The molecule has 1 fully saturated rings. The van der Waals surface area contributed by atoms with Crippen molar-refractivity contribution in [1.82, 2.24) is 5.32 Å². The predicted molar refractivity (Wildman–Crippen MR) is 77.9 cm³/mol. The van der Waals surface area contributed by atoms with Gasteiger partial charge in [0.25, 0.3) is 0 Å². The SMILES string of the molecule is COc1ccc(Br)c(CNCC2CCCS2)c1. The van der Waals surface area contributed by atoms with Gasteiger partial charge in [0, 0.05) is 22.8 Å². The summed E-state index contributed by atoms with van der Waals surface area (Å²) in [4.78, 5) is 0. The van der Waals surface area contributed by atoms with Gasteiger partial charge in [0.15, 0.2) is 0 Å². The van der Waals surface area contributed by atoms with Crippen molar-refractivity contribution in [3.8, 4) is 5.75 Å². The molecule has 0 bridgehead atoms. The highest BCUT2D eigenvalue weighted by Gasteiger charge is 2.14. The molecule has 0 radical (unpaired) electrons. The van der Waals surface area contributed by atoms with Gasteiger partial charge >= 0.3 is 0 Å². The third-order valence-electron chi connectivity index (χ3n) is 2.96. The van der Waals surface area contributed by atoms with Crippen LogP contribution in [0, 0.1) is 0 Å². The molecule has 94 valence electrons. The first-order chi connectivity index (χ1) is 8.29. The molecule has 0 saturated carbocycles. The van der Waals surface area contributed by atoms with E-state index in [1.165, 1.54) is 24.2 Å². The molecule has 1 aliphatic rings. The molecule has 0 aliphatic carbocycles. The van der Waals surface area contributed by atoms with Crippen molar-refractivity contribution in [2.75, 3.05) is 19.4 Å². The van der Waals surface area contributed by atoms with Gasteiger partial charge in [-0.15, -0.1) is 0 Å². The van der Waals surface area contributed by atoms with E-state index in [9.17, 15) is 0 Å². The Morgan fingerprint density at radius 1 is 1.53 bits per heavy atom. The molecule has 2 nitrogen and oxygen atoms in total. The maximum absolute atomic E-state index is 5.24. The third kappa shape index (κ3) is 3.90. The number of methoxy groups -OCH3 is 1. The summed E-state index contributed by atoms with van der Waals surface area (Å²) in [5.41, 5.74) is 1.26. The van der Waals surface area contributed by atoms with Crippen LogP contribution >= 0.6 is 27.7 Å². The van der Waals surface area contributed by atoms with Crippen molar-refractivity contribution < 1.29 is 4.74 Å². The van der Waals surface area contributed by atoms with E-state index in [1.54, 1.807) is 7.11 Å². The highest BCUT2D eigenvalue weighted by molar-refractivity contribution is 9.10. The molecule has 1 aromatic carbocycles. The fraction of sp³-hybridized carbons (Fsp3) is 0.538. The first-order valence-electron chi connectivity index (χ1n) is 5.94. The number of rotatable bonds is 5. The summed E-state index contributed by atoms with van der Waals surface area (Å²) in [5, 5.41) is 4.33. The Balaban J connectivity index is 1.84. The zero-order valence-electron chi connectivity index (χ0n) is 10.0. The molecule has 0 spiro atoms. The minimum Gasteiger partial charge on any atom is -0.497 e. The van der Waals surface area contributed by atoms with E-state index in [2.05, 4.69) is 39.1 Å². The number of benzene rings is 1. The summed E-state index contributed by atoms with van der Waals surface area (Å²) in [5.74, 6) is 2.25. The van der Waals surface area contributed by atoms with Crippen molar-refractivity contribution >= 4 is 27.7 Å². The Labute approximate surface area is 116 Å². The minimum atomic E-state index is 0.805. The van der Waals surface area contributed by atoms with Gasteiger partial charge in [-0.3, -0.25) is 0 Å². The van der Waals surface area contributed by atoms with Crippen LogP contribution < -0.4 is 10.1 Å². The molecule has 1 heterocycles. The fourth-order valence-electron chi connectivity index (χ4n) is 1.99. The van der Waals surface area contributed by atoms with E-state index >= 15 is 0 Å². The summed E-state index contributed by atoms with van der Waals surface area (Å²) >= 11 is 5.66. The Morgan fingerprint density at radius 2 is 2.41 bits per heavy atom. The van der Waals surface area contributed by atoms with Crippen molar-refractivity contribution in [3.63, 3.8) is 0 Å². The van der Waals surface area contributed by atoms with Crippen LogP contribution in [0.15, 0.2) is 22.7 Å². The van der Waals surface area contributed by atoms with Crippen molar-refractivity contribution in [2.24, 2.45) is 0 Å². The topological polar surface area (TPSA) is 21.3 Å². The highest BCUT2D eigenvalue weighted by atomic mass is 79.9. The number of hydrogen-bond acceptors (Lipinski definition) is 3. The van der Waals surface area contributed by atoms with Gasteiger partial charge in [-0.05, 0) is 42.4 Å². The van der Waals surface area contributed by atoms with Crippen molar-refractivity contribution in [3.05, 3.63) is 28.2 Å². The molecule has 1 saturated heterocycles. The lowest BCUT2D eigenvalue weighted by molar-refractivity contribution is 0.414. The lowest BCUT2D eigenvalue weighted by Crippen LogP contribution is -2.22. The molecule has 2 rings (SSSR count). The van der Waals surface area contributed by atoms with Gasteiger partial charge < -0.3 is 10.1 Å². The van der Waals surface area contributed by atoms with E-state index < -0.39 is 0 Å². The average molecular weight is 316 g/mol. The fourth-order valence-corrected chi connectivity index (χ4v) is 3.61. The Kier molecular flexibility index (Phi) is 5.19. The molecular formula is C13H18BrNOS. The lowest BCUT2D eigenvalue weighted by Gasteiger charge is -2.12. The van der Waals surface area contributed by atoms with Crippen LogP contribution in [0.2, 0.25) is 0 Å². The Bertz CT molecular complexity index is 366. The number of thioether (sulfide) groups is 1. The largest absolute Gasteiger partial charge is 0.497 e. The molecule has 0 amide bonds. The van der Waals surface area contributed by atoms with E-state index in [0.29, 0.717) is 0 Å². The van der Waals surface area contributed by atoms with Gasteiger partial charge in [0.05, 0.1) is 7.11 Å². The maximum atomic E-state index is 5.24. The van der Waals surface area contributed by atoms with Crippen LogP contribution in [0.1, 0.15) is 18.4 Å². The lowest BCUT2D eigenvalue weighted by atomic mass is 10.2. The van der Waals surface area contributed by atoms with E-state index in [-0.39, 0.29) is 0 Å². The summed E-state index contributed by atoms with van der Waals surface area (Å²) in [6, 6.07) is 6.10. The standard InChI is InChI=1S/C13H18BrNOS/c1-16-11-4-5-13(14)10(7-11)8-15-9-12-3-2-6-17-12/h4-5,7,12,15H,2-3,6,8-9H2,1H3.